The van der Waals surface area contributed by atoms with Crippen LogP contribution in [0.2, 0.25) is 0 Å². The van der Waals surface area contributed by atoms with E-state index in [4.69, 9.17) is 4.74 Å². The zero-order valence-corrected chi connectivity index (χ0v) is 27.1. The summed E-state index contributed by atoms with van der Waals surface area (Å²) in [6, 6.07) is 29.5. The summed E-state index contributed by atoms with van der Waals surface area (Å²) in [5, 5.41) is 16.5. The van der Waals surface area contributed by atoms with Crippen molar-refractivity contribution in [3.05, 3.63) is 136 Å². The number of amides is 2. The Balaban J connectivity index is 1.24. The predicted octanol–water partition coefficient (Wildman–Crippen LogP) is 6.31. The lowest BCUT2D eigenvalue weighted by atomic mass is 9.94. The highest BCUT2D eigenvalue weighted by Gasteiger charge is 2.28. The number of fused-ring (bicyclic) bond motifs is 1. The maximum atomic E-state index is 13.7. The summed E-state index contributed by atoms with van der Waals surface area (Å²) < 4.78 is 6.80. The molecule has 0 atom stereocenters. The molecule has 0 spiro atoms. The minimum atomic E-state index is -0.598. The Morgan fingerprint density at radius 3 is 2.44 bits per heavy atom. The second kappa shape index (κ2) is 13.9. The lowest BCUT2D eigenvalue weighted by Crippen LogP contribution is -2.38. The molecule has 10 heteroatoms. The summed E-state index contributed by atoms with van der Waals surface area (Å²) in [4.78, 5) is 43.1. The predicted molar refractivity (Wildman–Crippen MR) is 189 cm³/mol. The number of hydrogen-bond donors (Lipinski definition) is 3. The number of nitrogens with one attached hydrogen (secondary N) is 2. The quantitative estimate of drug-likeness (QED) is 0.173. The molecule has 0 saturated carbocycles. The Hall–Kier alpha value is -5.87. The first-order valence-corrected chi connectivity index (χ1v) is 15.6. The number of hydrogen-bond acceptors (Lipinski definition) is 7. The Labute approximate surface area is 278 Å². The van der Waals surface area contributed by atoms with Crippen LogP contribution < -0.4 is 26.0 Å². The molecule has 0 fully saturated rings. The van der Waals surface area contributed by atoms with Crippen molar-refractivity contribution in [2.24, 2.45) is 7.05 Å². The van der Waals surface area contributed by atoms with E-state index in [2.05, 4.69) is 16.7 Å². The molecular formula is C38H37N5O5. The summed E-state index contributed by atoms with van der Waals surface area (Å²) >= 11 is 0. The van der Waals surface area contributed by atoms with Gasteiger partial charge in [0, 0.05) is 67.6 Å². The smallest absolute Gasteiger partial charge is 0.411 e. The second-order valence-electron chi connectivity index (χ2n) is 11.9. The average Bonchev–Trinajstić information content (AvgIpc) is 3.09. The fraction of sp³-hybridized carbons (Fsp3) is 0.184. The maximum Gasteiger partial charge on any atom is 0.411 e. The van der Waals surface area contributed by atoms with E-state index in [1.165, 1.54) is 4.57 Å². The van der Waals surface area contributed by atoms with E-state index in [-0.39, 0.29) is 24.7 Å². The van der Waals surface area contributed by atoms with Gasteiger partial charge in [-0.15, -0.1) is 0 Å². The number of anilines is 5. The zero-order chi connectivity index (χ0) is 33.8. The maximum absolute atomic E-state index is 13.7. The Kier molecular flexibility index (Phi) is 9.26. The van der Waals surface area contributed by atoms with Gasteiger partial charge in [0.05, 0.1) is 12.3 Å². The van der Waals surface area contributed by atoms with Crippen LogP contribution in [0.5, 0.6) is 0 Å². The third-order valence-electron chi connectivity index (χ3n) is 8.38. The first-order chi connectivity index (χ1) is 23.2. The van der Waals surface area contributed by atoms with Crippen LogP contribution in [0.1, 0.15) is 27.0 Å². The third kappa shape index (κ3) is 6.79. The number of aryl methyl sites for hydroxylation is 1. The first-order valence-electron chi connectivity index (χ1n) is 15.6. The van der Waals surface area contributed by atoms with Crippen molar-refractivity contribution < 1.29 is 19.4 Å². The molecule has 2 heterocycles. The molecule has 0 radical (unpaired) electrons. The van der Waals surface area contributed by atoms with Crippen LogP contribution in [0.3, 0.4) is 0 Å². The molecule has 2 amide bonds. The molecule has 1 aliphatic rings. The highest BCUT2D eigenvalue weighted by molar-refractivity contribution is 6.09. The number of carbonyl (C=O) groups is 2. The molecule has 10 nitrogen and oxygen atoms in total. The van der Waals surface area contributed by atoms with Gasteiger partial charge in [0.2, 0.25) is 0 Å². The lowest BCUT2D eigenvalue weighted by Gasteiger charge is -2.31. The third-order valence-corrected chi connectivity index (χ3v) is 8.38. The van der Waals surface area contributed by atoms with Crippen molar-refractivity contribution >= 4 is 40.4 Å². The number of benzene rings is 4. The van der Waals surface area contributed by atoms with Crippen molar-refractivity contribution in [2.45, 2.75) is 19.6 Å². The van der Waals surface area contributed by atoms with Crippen LogP contribution in [-0.4, -0.2) is 42.3 Å². The highest BCUT2D eigenvalue weighted by Crippen LogP contribution is 2.35. The van der Waals surface area contributed by atoms with E-state index in [0.29, 0.717) is 58.0 Å². The van der Waals surface area contributed by atoms with Gasteiger partial charge >= 0.3 is 6.09 Å². The van der Waals surface area contributed by atoms with Crippen LogP contribution in [0, 0.1) is 0 Å². The molecule has 4 aromatic carbocycles. The summed E-state index contributed by atoms with van der Waals surface area (Å²) in [7, 11) is 5.60. The van der Waals surface area contributed by atoms with Crippen LogP contribution >= 0.6 is 0 Å². The summed E-state index contributed by atoms with van der Waals surface area (Å²) in [5.74, 6) is -0.117. The molecule has 0 bridgehead atoms. The number of ether oxygens (including phenoxy) is 1. The number of nitrogens with zero attached hydrogens (tertiary/aromatic N) is 3. The Bertz CT molecular complexity index is 2040. The Morgan fingerprint density at radius 1 is 0.896 bits per heavy atom. The number of aliphatic hydroxyl groups is 1. The van der Waals surface area contributed by atoms with Crippen LogP contribution in [0.15, 0.2) is 108 Å². The zero-order valence-electron chi connectivity index (χ0n) is 27.1. The SMILES string of the molecule is CN(C)c1ccc2c(c1)CCN(c1cccc(-c3cc(Nc4cccc(NC(=O)OCc5ccccc5)c4)c(=O)n(C)c3)c1CO)C2=O. The number of pyridine rings is 1. The van der Waals surface area contributed by atoms with Gasteiger partial charge < -0.3 is 29.5 Å². The van der Waals surface area contributed by atoms with Gasteiger partial charge in [-0.2, -0.15) is 0 Å². The standard InChI is InChI=1S/C38H37N5O5/c1-41(2)30-15-16-32-26(19-30)17-18-43(36(32)45)35-14-8-13-31(33(35)23-44)27-20-34(37(46)42(3)22-27)39-28-11-7-12-29(21-28)40-38(47)48-24-25-9-5-4-6-10-25/h4-16,19-22,39,44H,17-18,23-24H2,1-3H3,(H,40,47). The molecule has 5 aromatic rings. The summed E-state index contributed by atoms with van der Waals surface area (Å²) in [6.45, 7) is 0.312. The molecule has 6 rings (SSSR count). The number of aromatic nitrogens is 1. The Morgan fingerprint density at radius 2 is 1.67 bits per heavy atom. The van der Waals surface area contributed by atoms with E-state index in [9.17, 15) is 19.5 Å². The number of aliphatic hydroxyl groups excluding tert-OH is 1. The van der Waals surface area contributed by atoms with Gasteiger partial charge in [0.1, 0.15) is 12.3 Å². The van der Waals surface area contributed by atoms with E-state index in [0.717, 1.165) is 16.8 Å². The minimum Gasteiger partial charge on any atom is -0.444 e. The second-order valence-corrected chi connectivity index (χ2v) is 11.9. The van der Waals surface area contributed by atoms with E-state index in [1.807, 2.05) is 79.7 Å². The molecule has 0 saturated heterocycles. The van der Waals surface area contributed by atoms with Crippen LogP contribution in [0.25, 0.3) is 11.1 Å². The number of rotatable bonds is 9. The average molecular weight is 644 g/mol. The molecule has 1 aromatic heterocycles. The highest BCUT2D eigenvalue weighted by atomic mass is 16.5. The van der Waals surface area contributed by atoms with Crippen molar-refractivity contribution in [2.75, 3.05) is 41.1 Å². The largest absolute Gasteiger partial charge is 0.444 e. The lowest BCUT2D eigenvalue weighted by molar-refractivity contribution is 0.0980. The molecule has 48 heavy (non-hydrogen) atoms. The van der Waals surface area contributed by atoms with Crippen LogP contribution in [-0.2, 0) is 31.4 Å². The fourth-order valence-electron chi connectivity index (χ4n) is 5.90. The van der Waals surface area contributed by atoms with Gasteiger partial charge in [-0.05, 0) is 71.6 Å². The minimum absolute atomic E-state index is 0.117. The van der Waals surface area contributed by atoms with Gasteiger partial charge in [0.15, 0.2) is 0 Å². The molecule has 0 unspecified atom stereocenters. The van der Waals surface area contributed by atoms with E-state index in [1.54, 1.807) is 48.5 Å². The summed E-state index contributed by atoms with van der Waals surface area (Å²) in [5.41, 5.74) is 7.27. The molecule has 0 aliphatic carbocycles. The van der Waals surface area contributed by atoms with Gasteiger partial charge in [-0.25, -0.2) is 4.79 Å². The molecule has 1 aliphatic heterocycles. The van der Waals surface area contributed by atoms with Crippen molar-refractivity contribution in [3.63, 3.8) is 0 Å². The number of carbonyl (C=O) groups excluding carboxylic acids is 2. The van der Waals surface area contributed by atoms with Gasteiger partial charge in [-0.1, -0.05) is 48.5 Å². The normalized spacial score (nSPS) is 12.3. The molecular weight excluding hydrogens is 606 g/mol. The van der Waals surface area contributed by atoms with Crippen molar-refractivity contribution in [3.8, 4) is 11.1 Å². The van der Waals surface area contributed by atoms with Crippen molar-refractivity contribution in [1.29, 1.82) is 0 Å². The topological polar surface area (TPSA) is 116 Å². The van der Waals surface area contributed by atoms with E-state index >= 15 is 0 Å². The van der Waals surface area contributed by atoms with Crippen molar-refractivity contribution in [1.82, 2.24) is 4.57 Å². The molecule has 244 valence electrons. The summed E-state index contributed by atoms with van der Waals surface area (Å²) in [6.07, 6.45) is 1.80. The van der Waals surface area contributed by atoms with Gasteiger partial charge in [-0.3, -0.25) is 14.9 Å². The molecule has 3 N–H and O–H groups in total. The first kappa shape index (κ1) is 32.1. The van der Waals surface area contributed by atoms with E-state index < -0.39 is 6.09 Å². The fourth-order valence-corrected chi connectivity index (χ4v) is 5.90. The monoisotopic (exact) mass is 643 g/mol. The van der Waals surface area contributed by atoms with Gasteiger partial charge in [0.25, 0.3) is 11.5 Å². The van der Waals surface area contributed by atoms with Crippen LogP contribution in [0.4, 0.5) is 33.2 Å².